The molecule has 0 heterocycles. The Morgan fingerprint density at radius 1 is 1.07 bits per heavy atom. The van der Waals surface area contributed by atoms with Gasteiger partial charge >= 0.3 is 0 Å². The van der Waals surface area contributed by atoms with Gasteiger partial charge in [-0.3, -0.25) is 0 Å². The minimum atomic E-state index is 0.0274. The maximum absolute atomic E-state index is 10.1. The average Bonchev–Trinajstić information content (AvgIpc) is 2.12. The molecular formula is C12H21NO. The zero-order valence-corrected chi connectivity index (χ0v) is 9.24. The molecule has 4 aliphatic carbocycles. The predicted molar refractivity (Wildman–Crippen MR) is 56.0 cm³/mol. The summed E-state index contributed by atoms with van der Waals surface area (Å²) in [6.45, 7) is 0. The van der Waals surface area contributed by atoms with Gasteiger partial charge in [0.05, 0.1) is 6.10 Å². The van der Waals surface area contributed by atoms with Crippen molar-refractivity contribution in [3.8, 4) is 0 Å². The summed E-state index contributed by atoms with van der Waals surface area (Å²) in [4.78, 5) is 2.43. The van der Waals surface area contributed by atoms with Crippen molar-refractivity contribution in [3.63, 3.8) is 0 Å². The van der Waals surface area contributed by atoms with Crippen LogP contribution in [0.25, 0.3) is 0 Å². The molecular weight excluding hydrogens is 174 g/mol. The van der Waals surface area contributed by atoms with E-state index in [9.17, 15) is 5.11 Å². The first-order chi connectivity index (χ1) is 6.61. The van der Waals surface area contributed by atoms with Crippen molar-refractivity contribution in [2.45, 2.75) is 43.7 Å². The lowest BCUT2D eigenvalue weighted by Crippen LogP contribution is -2.62. The Labute approximate surface area is 86.3 Å². The molecule has 2 atom stereocenters. The second-order valence-corrected chi connectivity index (χ2v) is 6.08. The second kappa shape index (κ2) is 2.73. The Kier molecular flexibility index (Phi) is 1.79. The normalized spacial score (nSPS) is 55.7. The summed E-state index contributed by atoms with van der Waals surface area (Å²) in [5.74, 6) is 2.14. The van der Waals surface area contributed by atoms with Crippen LogP contribution in [0.15, 0.2) is 0 Å². The number of nitrogens with zero attached hydrogens (tertiary/aromatic N) is 1. The van der Waals surface area contributed by atoms with Gasteiger partial charge < -0.3 is 10.0 Å². The number of aliphatic hydroxyl groups excluding tert-OH is 1. The molecule has 4 saturated carbocycles. The second-order valence-electron chi connectivity index (χ2n) is 6.08. The summed E-state index contributed by atoms with van der Waals surface area (Å²) in [7, 11) is 4.44. The summed E-state index contributed by atoms with van der Waals surface area (Å²) in [6.07, 6.45) is 6.50. The highest BCUT2D eigenvalue weighted by atomic mass is 16.3. The monoisotopic (exact) mass is 195 g/mol. The third-order valence-corrected chi connectivity index (χ3v) is 5.14. The lowest BCUT2D eigenvalue weighted by Gasteiger charge is -2.61. The SMILES string of the molecule is CN(C)C12CC3CC(C1)C(O)C(C3)C2. The topological polar surface area (TPSA) is 23.5 Å². The molecule has 0 aromatic rings. The van der Waals surface area contributed by atoms with Gasteiger partial charge in [0, 0.05) is 5.54 Å². The Hall–Kier alpha value is -0.0800. The summed E-state index contributed by atoms with van der Waals surface area (Å²) >= 11 is 0. The fourth-order valence-corrected chi connectivity index (χ4v) is 4.50. The van der Waals surface area contributed by atoms with Crippen molar-refractivity contribution >= 4 is 0 Å². The van der Waals surface area contributed by atoms with Gasteiger partial charge in [-0.05, 0) is 64.0 Å². The molecule has 2 nitrogen and oxygen atoms in total. The third kappa shape index (κ3) is 1.04. The lowest BCUT2D eigenvalue weighted by molar-refractivity contribution is -0.140. The van der Waals surface area contributed by atoms with Gasteiger partial charge in [-0.25, -0.2) is 0 Å². The van der Waals surface area contributed by atoms with Gasteiger partial charge in [-0.15, -0.1) is 0 Å². The standard InChI is InChI=1S/C12H21NO/c1-13(2)12-5-8-3-9(6-12)11(14)10(4-8)7-12/h8-11,14H,3-7H2,1-2H3. The highest BCUT2D eigenvalue weighted by Crippen LogP contribution is 2.57. The lowest BCUT2D eigenvalue weighted by atomic mass is 9.51. The number of hydrogen-bond acceptors (Lipinski definition) is 2. The van der Waals surface area contributed by atoms with E-state index in [4.69, 9.17) is 0 Å². The third-order valence-electron chi connectivity index (χ3n) is 5.14. The van der Waals surface area contributed by atoms with E-state index in [1.165, 1.54) is 32.1 Å². The molecule has 0 aromatic heterocycles. The van der Waals surface area contributed by atoms with Gasteiger partial charge in [-0.1, -0.05) is 0 Å². The van der Waals surface area contributed by atoms with Crippen molar-refractivity contribution < 1.29 is 5.11 Å². The molecule has 0 amide bonds. The quantitative estimate of drug-likeness (QED) is 0.685. The maximum atomic E-state index is 10.1. The molecule has 0 aliphatic heterocycles. The van der Waals surface area contributed by atoms with Crippen LogP contribution in [-0.4, -0.2) is 35.7 Å². The molecule has 0 aromatic carbocycles. The fourth-order valence-electron chi connectivity index (χ4n) is 4.50. The van der Waals surface area contributed by atoms with E-state index in [0.717, 1.165) is 5.92 Å². The molecule has 2 heteroatoms. The van der Waals surface area contributed by atoms with Crippen molar-refractivity contribution in [2.75, 3.05) is 14.1 Å². The largest absolute Gasteiger partial charge is 0.393 e. The first-order valence-electron chi connectivity index (χ1n) is 5.96. The van der Waals surface area contributed by atoms with Crippen LogP contribution in [0.1, 0.15) is 32.1 Å². The van der Waals surface area contributed by atoms with Gasteiger partial charge in [0.15, 0.2) is 0 Å². The fraction of sp³-hybridized carbons (Fsp3) is 1.00. The summed E-state index contributed by atoms with van der Waals surface area (Å²) < 4.78 is 0. The van der Waals surface area contributed by atoms with E-state index in [1.807, 2.05) is 0 Å². The molecule has 4 rings (SSSR count). The Morgan fingerprint density at radius 3 is 2.14 bits per heavy atom. The minimum Gasteiger partial charge on any atom is -0.393 e. The van der Waals surface area contributed by atoms with Gasteiger partial charge in [0.2, 0.25) is 0 Å². The van der Waals surface area contributed by atoms with Crippen LogP contribution in [-0.2, 0) is 0 Å². The van der Waals surface area contributed by atoms with Gasteiger partial charge in [0.25, 0.3) is 0 Å². The number of aliphatic hydroxyl groups is 1. The average molecular weight is 195 g/mol. The van der Waals surface area contributed by atoms with Gasteiger partial charge in [-0.2, -0.15) is 0 Å². The Morgan fingerprint density at radius 2 is 1.64 bits per heavy atom. The molecule has 4 aliphatic rings. The van der Waals surface area contributed by atoms with E-state index in [0.29, 0.717) is 17.4 Å². The predicted octanol–water partition coefficient (Wildman–Crippen LogP) is 1.49. The van der Waals surface area contributed by atoms with Crippen LogP contribution in [0.3, 0.4) is 0 Å². The van der Waals surface area contributed by atoms with Crippen LogP contribution in [0.2, 0.25) is 0 Å². The Bertz CT molecular complexity index is 235. The van der Waals surface area contributed by atoms with Crippen molar-refractivity contribution in [3.05, 3.63) is 0 Å². The molecule has 80 valence electrons. The zero-order chi connectivity index (χ0) is 9.92. The van der Waals surface area contributed by atoms with Gasteiger partial charge in [0.1, 0.15) is 0 Å². The van der Waals surface area contributed by atoms with E-state index in [1.54, 1.807) is 0 Å². The molecule has 2 unspecified atom stereocenters. The molecule has 4 bridgehead atoms. The first-order valence-corrected chi connectivity index (χ1v) is 5.96. The summed E-state index contributed by atoms with van der Waals surface area (Å²) in [5.41, 5.74) is 0.454. The van der Waals surface area contributed by atoms with Crippen LogP contribution < -0.4 is 0 Å². The van der Waals surface area contributed by atoms with E-state index >= 15 is 0 Å². The molecule has 0 saturated heterocycles. The van der Waals surface area contributed by atoms with Crippen molar-refractivity contribution in [1.82, 2.24) is 4.90 Å². The first kappa shape index (κ1) is 9.17. The summed E-state index contributed by atoms with van der Waals surface area (Å²) in [5, 5.41) is 10.1. The van der Waals surface area contributed by atoms with Crippen molar-refractivity contribution in [1.29, 1.82) is 0 Å². The van der Waals surface area contributed by atoms with E-state index < -0.39 is 0 Å². The molecule has 4 fully saturated rings. The molecule has 0 radical (unpaired) electrons. The maximum Gasteiger partial charge on any atom is 0.0598 e. The van der Waals surface area contributed by atoms with Crippen LogP contribution in [0.4, 0.5) is 0 Å². The highest BCUT2D eigenvalue weighted by Gasteiger charge is 2.55. The molecule has 1 N–H and O–H groups in total. The molecule has 14 heavy (non-hydrogen) atoms. The van der Waals surface area contributed by atoms with Crippen LogP contribution in [0.5, 0.6) is 0 Å². The highest BCUT2D eigenvalue weighted by molar-refractivity contribution is 5.09. The Balaban J connectivity index is 1.92. The smallest absolute Gasteiger partial charge is 0.0598 e. The zero-order valence-electron chi connectivity index (χ0n) is 9.24. The van der Waals surface area contributed by atoms with Crippen LogP contribution in [0, 0.1) is 17.8 Å². The molecule has 0 spiro atoms. The minimum absolute atomic E-state index is 0.0274. The van der Waals surface area contributed by atoms with Crippen molar-refractivity contribution in [2.24, 2.45) is 17.8 Å². The van der Waals surface area contributed by atoms with E-state index in [-0.39, 0.29) is 6.10 Å². The summed E-state index contributed by atoms with van der Waals surface area (Å²) in [6, 6.07) is 0. The number of hydrogen-bond donors (Lipinski definition) is 1. The van der Waals surface area contributed by atoms with E-state index in [2.05, 4.69) is 19.0 Å². The number of rotatable bonds is 1. The van der Waals surface area contributed by atoms with Crippen LogP contribution >= 0.6 is 0 Å².